The largest absolute Gasteiger partial charge is 0.497 e. The van der Waals surface area contributed by atoms with Gasteiger partial charge in [-0.2, -0.15) is 0 Å². The van der Waals surface area contributed by atoms with Gasteiger partial charge < -0.3 is 15.0 Å². The number of carbonyl (C=O) groups excluding carboxylic acids is 1. The van der Waals surface area contributed by atoms with Crippen LogP contribution in [0.5, 0.6) is 5.75 Å². The zero-order chi connectivity index (χ0) is 22.7. The second-order valence-corrected chi connectivity index (χ2v) is 8.06. The van der Waals surface area contributed by atoms with Crippen LogP contribution in [0.15, 0.2) is 71.5 Å². The first-order valence-electron chi connectivity index (χ1n) is 9.87. The summed E-state index contributed by atoms with van der Waals surface area (Å²) >= 11 is 11.3. The summed E-state index contributed by atoms with van der Waals surface area (Å²) in [5, 5.41) is 3.97. The fraction of sp³-hybridized carbons (Fsp3) is 0.125. The van der Waals surface area contributed by atoms with Gasteiger partial charge in [-0.1, -0.05) is 35.9 Å². The zero-order valence-electron chi connectivity index (χ0n) is 17.2. The molecule has 4 aromatic rings. The third kappa shape index (κ3) is 4.74. The van der Waals surface area contributed by atoms with E-state index in [1.807, 2.05) is 36.4 Å². The summed E-state index contributed by atoms with van der Waals surface area (Å²) in [5.41, 5.74) is 2.59. The van der Waals surface area contributed by atoms with Crippen molar-refractivity contribution in [3.05, 3.63) is 104 Å². The molecule has 32 heavy (non-hydrogen) atoms. The molecule has 0 spiro atoms. The lowest BCUT2D eigenvalue weighted by molar-refractivity contribution is 0.0951. The van der Waals surface area contributed by atoms with Crippen molar-refractivity contribution < 1.29 is 9.53 Å². The topological polar surface area (TPSA) is 76.1 Å². The van der Waals surface area contributed by atoms with Crippen molar-refractivity contribution in [2.45, 2.75) is 13.1 Å². The van der Waals surface area contributed by atoms with Crippen molar-refractivity contribution in [3.63, 3.8) is 0 Å². The number of halogens is 1. The number of hydrogen-bond donors (Lipinski definition) is 2. The molecule has 0 fully saturated rings. The molecular formula is C24H20ClN3O3S. The minimum atomic E-state index is -0.243. The van der Waals surface area contributed by atoms with Crippen LogP contribution in [0.2, 0.25) is 5.02 Å². The molecule has 4 rings (SSSR count). The molecule has 0 aliphatic rings. The summed E-state index contributed by atoms with van der Waals surface area (Å²) in [6, 6.07) is 19.6. The average Bonchev–Trinajstić information content (AvgIpc) is 2.81. The summed E-state index contributed by atoms with van der Waals surface area (Å²) < 4.78 is 6.91. The molecule has 1 heterocycles. The predicted molar refractivity (Wildman–Crippen MR) is 128 cm³/mol. The number of aromatic amines is 1. The number of amides is 1. The number of aromatic nitrogens is 2. The van der Waals surface area contributed by atoms with Crippen LogP contribution < -0.4 is 15.6 Å². The lowest BCUT2D eigenvalue weighted by atomic mass is 10.1. The van der Waals surface area contributed by atoms with Crippen LogP contribution in [-0.2, 0) is 13.1 Å². The number of H-pyrrole nitrogens is 1. The molecule has 0 bridgehead atoms. The summed E-state index contributed by atoms with van der Waals surface area (Å²) in [6.07, 6.45) is 0. The predicted octanol–water partition coefficient (Wildman–Crippen LogP) is 4.70. The quantitative estimate of drug-likeness (QED) is 0.405. The van der Waals surface area contributed by atoms with Gasteiger partial charge in [-0.25, -0.2) is 0 Å². The van der Waals surface area contributed by atoms with Gasteiger partial charge in [0.2, 0.25) is 0 Å². The molecule has 0 saturated heterocycles. The Bertz CT molecular complexity index is 1390. The Labute approximate surface area is 194 Å². The van der Waals surface area contributed by atoms with Crippen LogP contribution in [0.1, 0.15) is 21.5 Å². The fourth-order valence-corrected chi connectivity index (χ4v) is 3.72. The highest BCUT2D eigenvalue weighted by Gasteiger charge is 2.11. The zero-order valence-corrected chi connectivity index (χ0v) is 18.8. The van der Waals surface area contributed by atoms with E-state index in [9.17, 15) is 9.59 Å². The standard InChI is InChI=1S/C24H20ClN3O3S/c1-31-19-9-4-15(5-10-19)13-26-22(29)17-6-11-20-21(12-17)27-24(32)28(23(20)30)14-16-2-7-18(25)8-3-16/h2-12H,13-14H2,1H3,(H,26,29)(H,27,32). The molecule has 3 aromatic carbocycles. The van der Waals surface area contributed by atoms with Crippen LogP contribution in [0.25, 0.3) is 10.9 Å². The van der Waals surface area contributed by atoms with Crippen LogP contribution in [-0.4, -0.2) is 22.6 Å². The molecule has 0 saturated carbocycles. The molecule has 0 aliphatic heterocycles. The highest BCUT2D eigenvalue weighted by atomic mass is 35.5. The highest BCUT2D eigenvalue weighted by molar-refractivity contribution is 7.71. The third-order valence-corrected chi connectivity index (χ3v) is 5.68. The number of nitrogens with zero attached hydrogens (tertiary/aromatic N) is 1. The van der Waals surface area contributed by atoms with Crippen LogP contribution in [0, 0.1) is 4.77 Å². The number of ether oxygens (including phenoxy) is 1. The van der Waals surface area contributed by atoms with E-state index in [4.69, 9.17) is 28.6 Å². The molecular weight excluding hydrogens is 446 g/mol. The molecule has 1 amide bonds. The summed E-state index contributed by atoms with van der Waals surface area (Å²) in [6.45, 7) is 0.699. The lowest BCUT2D eigenvalue weighted by Gasteiger charge is -2.10. The van der Waals surface area contributed by atoms with Crippen molar-refractivity contribution in [1.82, 2.24) is 14.9 Å². The van der Waals surface area contributed by atoms with E-state index in [1.54, 1.807) is 37.4 Å². The number of hydrogen-bond acceptors (Lipinski definition) is 4. The second-order valence-electron chi connectivity index (χ2n) is 7.24. The van der Waals surface area contributed by atoms with E-state index in [0.29, 0.717) is 34.6 Å². The van der Waals surface area contributed by atoms with Crippen LogP contribution in [0.3, 0.4) is 0 Å². The Hall–Kier alpha value is -3.42. The Morgan fingerprint density at radius 3 is 2.44 bits per heavy atom. The third-order valence-electron chi connectivity index (χ3n) is 5.11. The normalized spacial score (nSPS) is 10.8. The monoisotopic (exact) mass is 465 g/mol. The highest BCUT2D eigenvalue weighted by Crippen LogP contribution is 2.14. The van der Waals surface area contributed by atoms with Gasteiger partial charge in [-0.05, 0) is 65.8 Å². The van der Waals surface area contributed by atoms with Gasteiger partial charge in [-0.3, -0.25) is 14.2 Å². The molecule has 2 N–H and O–H groups in total. The average molecular weight is 466 g/mol. The number of methoxy groups -OCH3 is 1. The van der Waals surface area contributed by atoms with Gasteiger partial charge in [0.15, 0.2) is 4.77 Å². The fourth-order valence-electron chi connectivity index (χ4n) is 3.34. The minimum Gasteiger partial charge on any atom is -0.497 e. The maximum atomic E-state index is 13.0. The number of carbonyl (C=O) groups is 1. The van der Waals surface area contributed by atoms with Crippen molar-refractivity contribution in [1.29, 1.82) is 0 Å². The molecule has 0 aliphatic carbocycles. The summed E-state index contributed by atoms with van der Waals surface area (Å²) in [7, 11) is 1.61. The van der Waals surface area contributed by atoms with Crippen molar-refractivity contribution >= 4 is 40.6 Å². The van der Waals surface area contributed by atoms with Crippen LogP contribution >= 0.6 is 23.8 Å². The first kappa shape index (κ1) is 21.8. The number of benzene rings is 3. The molecule has 0 radical (unpaired) electrons. The Balaban J connectivity index is 1.55. The molecule has 6 nitrogen and oxygen atoms in total. The summed E-state index contributed by atoms with van der Waals surface area (Å²) in [5.74, 6) is 0.513. The van der Waals surface area contributed by atoms with Crippen molar-refractivity contribution in [2.75, 3.05) is 7.11 Å². The van der Waals surface area contributed by atoms with E-state index >= 15 is 0 Å². The Kier molecular flexibility index (Phi) is 6.39. The van der Waals surface area contributed by atoms with Crippen molar-refractivity contribution in [3.8, 4) is 5.75 Å². The van der Waals surface area contributed by atoms with Gasteiger partial charge in [-0.15, -0.1) is 0 Å². The van der Waals surface area contributed by atoms with Crippen LogP contribution in [0.4, 0.5) is 0 Å². The van der Waals surface area contributed by atoms with Gasteiger partial charge in [0.25, 0.3) is 11.5 Å². The van der Waals surface area contributed by atoms with E-state index in [-0.39, 0.29) is 16.2 Å². The van der Waals surface area contributed by atoms with E-state index < -0.39 is 0 Å². The smallest absolute Gasteiger partial charge is 0.262 e. The Morgan fingerprint density at radius 2 is 1.75 bits per heavy atom. The molecule has 0 unspecified atom stereocenters. The Morgan fingerprint density at radius 1 is 1.06 bits per heavy atom. The van der Waals surface area contributed by atoms with Gasteiger partial charge in [0.1, 0.15) is 5.75 Å². The van der Waals surface area contributed by atoms with Crippen molar-refractivity contribution in [2.24, 2.45) is 0 Å². The molecule has 1 aromatic heterocycles. The number of rotatable bonds is 6. The SMILES string of the molecule is COc1ccc(CNC(=O)c2ccc3c(=O)n(Cc4ccc(Cl)cc4)c(=S)[nH]c3c2)cc1. The van der Waals surface area contributed by atoms with Gasteiger partial charge in [0, 0.05) is 17.1 Å². The molecule has 8 heteroatoms. The first-order valence-corrected chi connectivity index (χ1v) is 10.7. The van der Waals surface area contributed by atoms with E-state index in [2.05, 4.69) is 10.3 Å². The number of fused-ring (bicyclic) bond motifs is 1. The lowest BCUT2D eigenvalue weighted by Crippen LogP contribution is -2.24. The molecule has 162 valence electrons. The molecule has 0 atom stereocenters. The maximum Gasteiger partial charge on any atom is 0.262 e. The minimum absolute atomic E-state index is 0.219. The first-order chi connectivity index (χ1) is 15.4. The van der Waals surface area contributed by atoms with Gasteiger partial charge >= 0.3 is 0 Å². The second kappa shape index (κ2) is 9.38. The summed E-state index contributed by atoms with van der Waals surface area (Å²) in [4.78, 5) is 28.7. The maximum absolute atomic E-state index is 13.0. The van der Waals surface area contributed by atoms with Gasteiger partial charge in [0.05, 0.1) is 24.6 Å². The van der Waals surface area contributed by atoms with E-state index in [0.717, 1.165) is 16.9 Å². The number of nitrogens with one attached hydrogen (secondary N) is 2. The van der Waals surface area contributed by atoms with E-state index in [1.165, 1.54) is 4.57 Å².